The fourth-order valence-electron chi connectivity index (χ4n) is 4.41. The molecule has 1 aliphatic rings. The maximum Gasteiger partial charge on any atom is 0.329 e. The predicted molar refractivity (Wildman–Crippen MR) is 194 cm³/mol. The maximum absolute atomic E-state index is 13.7. The van der Waals surface area contributed by atoms with Crippen molar-refractivity contribution >= 4 is 41.4 Å². The second kappa shape index (κ2) is 23.8. The molecule has 1 rings (SSSR count). The summed E-state index contributed by atoms with van der Waals surface area (Å²) in [6.07, 6.45) is 22.9. The number of nitrogens with one attached hydrogen (secondary N) is 5. The van der Waals surface area contributed by atoms with Crippen LogP contribution < -0.4 is 32.3 Å². The quantitative estimate of drug-likeness (QED) is 0.0937. The summed E-state index contributed by atoms with van der Waals surface area (Å²) in [6, 6.07) is -6.25. The zero-order chi connectivity index (χ0) is 38.3. The molecular formula is C37H52N6O8. The van der Waals surface area contributed by atoms with Gasteiger partial charge in [-0.15, -0.1) is 0 Å². The molecule has 0 saturated carbocycles. The minimum absolute atomic E-state index is 0.0742. The number of allylic oxidation sites excluding steroid dienone is 13. The number of hydrogen-bond donors (Lipinski definition) is 6. The number of primary amides is 1. The molecule has 1 fully saturated rings. The van der Waals surface area contributed by atoms with E-state index < -0.39 is 77.7 Å². The highest BCUT2D eigenvalue weighted by Gasteiger charge is 2.36. The number of hydrogen-bond acceptors (Lipinski definition) is 8. The zero-order valence-electron chi connectivity index (χ0n) is 30.1. The van der Waals surface area contributed by atoms with Gasteiger partial charge in [-0.25, -0.2) is 4.79 Å². The van der Waals surface area contributed by atoms with Gasteiger partial charge in [0.1, 0.15) is 36.3 Å². The monoisotopic (exact) mass is 708 g/mol. The van der Waals surface area contributed by atoms with Crippen LogP contribution in [-0.2, 0) is 38.3 Å². The van der Waals surface area contributed by atoms with Gasteiger partial charge in [0.05, 0.1) is 0 Å². The summed E-state index contributed by atoms with van der Waals surface area (Å²) >= 11 is 0. The molecule has 1 aliphatic heterocycles. The minimum Gasteiger partial charge on any atom is -0.458 e. The molecule has 0 aliphatic carbocycles. The number of ether oxygens (including phenoxy) is 1. The van der Waals surface area contributed by atoms with Crippen molar-refractivity contribution in [2.24, 2.45) is 11.7 Å². The number of carbonyl (C=O) groups is 7. The molecule has 0 aromatic rings. The van der Waals surface area contributed by atoms with Crippen LogP contribution in [-0.4, -0.2) is 77.7 Å². The molecule has 7 N–H and O–H groups in total. The summed E-state index contributed by atoms with van der Waals surface area (Å²) in [6.45, 7) is 9.73. The Morgan fingerprint density at radius 1 is 0.706 bits per heavy atom. The smallest absolute Gasteiger partial charge is 0.329 e. The Balaban J connectivity index is 3.30. The topological polar surface area (TPSA) is 215 Å². The molecule has 278 valence electrons. The first-order valence-electron chi connectivity index (χ1n) is 16.8. The van der Waals surface area contributed by atoms with Gasteiger partial charge < -0.3 is 37.1 Å². The van der Waals surface area contributed by atoms with Crippen LogP contribution in [0.1, 0.15) is 60.8 Å². The van der Waals surface area contributed by atoms with Crippen LogP contribution in [0.4, 0.5) is 0 Å². The molecule has 0 aromatic heterocycles. The van der Waals surface area contributed by atoms with Gasteiger partial charge in [-0.1, -0.05) is 92.8 Å². The van der Waals surface area contributed by atoms with E-state index >= 15 is 0 Å². The zero-order valence-corrected chi connectivity index (χ0v) is 30.1. The predicted octanol–water partition coefficient (Wildman–Crippen LogP) is 1.62. The van der Waals surface area contributed by atoms with Crippen molar-refractivity contribution in [3.63, 3.8) is 0 Å². The number of esters is 1. The van der Waals surface area contributed by atoms with Crippen molar-refractivity contribution < 1.29 is 38.3 Å². The van der Waals surface area contributed by atoms with E-state index in [0.29, 0.717) is 0 Å². The first kappa shape index (κ1) is 43.5. The van der Waals surface area contributed by atoms with E-state index in [-0.39, 0.29) is 25.2 Å². The largest absolute Gasteiger partial charge is 0.458 e. The highest BCUT2D eigenvalue weighted by atomic mass is 16.5. The molecule has 0 bridgehead atoms. The lowest BCUT2D eigenvalue weighted by molar-refractivity contribution is -0.156. The van der Waals surface area contributed by atoms with Crippen molar-refractivity contribution in [3.05, 3.63) is 85.1 Å². The molecule has 0 radical (unpaired) electrons. The van der Waals surface area contributed by atoms with Gasteiger partial charge in [0, 0.05) is 12.5 Å². The number of rotatable bonds is 13. The number of amides is 6. The van der Waals surface area contributed by atoms with E-state index in [0.717, 1.165) is 6.08 Å². The molecule has 0 aromatic carbocycles. The average Bonchev–Trinajstić information content (AvgIpc) is 3.06. The fraction of sp³-hybridized carbons (Fsp3) is 0.432. The first-order valence-corrected chi connectivity index (χ1v) is 16.8. The summed E-state index contributed by atoms with van der Waals surface area (Å²) in [4.78, 5) is 90.3. The number of cyclic esters (lactones) is 1. The van der Waals surface area contributed by atoms with Crippen molar-refractivity contribution in [1.29, 1.82) is 0 Å². The maximum atomic E-state index is 13.7. The molecule has 14 heteroatoms. The molecule has 6 atom stereocenters. The second-order valence-corrected chi connectivity index (χ2v) is 12.2. The Morgan fingerprint density at radius 3 is 1.69 bits per heavy atom. The Morgan fingerprint density at radius 2 is 1.18 bits per heavy atom. The molecule has 6 amide bonds. The Bertz CT molecular complexity index is 1440. The fourth-order valence-corrected chi connectivity index (χ4v) is 4.41. The molecule has 1 heterocycles. The SMILES string of the molecule is C/C=C/C=C/C=C/C=C/C=C/C=C/C=C/C(=O)N[C@@H]1C(=O)N[C@@H](CC(C)C)C(=O)N[C@@H](C)C(=O)N[C@@H](C)C(=O)N[C@@H](CCC(N)=O)C(=O)O[C@@H]1C. The third kappa shape index (κ3) is 18.2. The van der Waals surface area contributed by atoms with Gasteiger partial charge in [-0.2, -0.15) is 0 Å². The van der Waals surface area contributed by atoms with Crippen LogP contribution in [0.5, 0.6) is 0 Å². The standard InChI is InChI=1S/C37H52N6O8/c1-7-8-9-10-11-12-13-14-15-16-17-18-19-20-31(45)43-32-27(6)51-37(50)28(21-22-30(38)44)41-34(47)26(5)39-33(46)25(4)40-35(48)29(23-24(2)3)42-36(32)49/h7-20,24-29,32H,21-23H2,1-6H3,(H2,38,44)(H,39,46)(H,40,48)(H,41,47)(H,42,49)(H,43,45)/b8-7+,10-9+,12-11+,14-13+,16-15+,18-17+,20-19+/t25-,26-,27+,28-,29-,32-/m0/s1. The van der Waals surface area contributed by atoms with Gasteiger partial charge in [0.2, 0.25) is 35.4 Å². The van der Waals surface area contributed by atoms with E-state index in [1.54, 1.807) is 24.3 Å². The second-order valence-electron chi connectivity index (χ2n) is 12.2. The molecule has 14 nitrogen and oxygen atoms in total. The summed E-state index contributed by atoms with van der Waals surface area (Å²) in [5, 5.41) is 12.6. The normalized spacial score (nSPS) is 25.0. The minimum atomic E-state index is -1.50. The lowest BCUT2D eigenvalue weighted by Crippen LogP contribution is -2.60. The lowest BCUT2D eigenvalue weighted by atomic mass is 10.0. The van der Waals surface area contributed by atoms with E-state index in [9.17, 15) is 33.6 Å². The van der Waals surface area contributed by atoms with E-state index in [2.05, 4.69) is 26.6 Å². The van der Waals surface area contributed by atoms with E-state index in [1.807, 2.05) is 69.4 Å². The molecule has 0 spiro atoms. The highest BCUT2D eigenvalue weighted by Crippen LogP contribution is 2.11. The van der Waals surface area contributed by atoms with Gasteiger partial charge >= 0.3 is 5.97 Å². The Kier molecular flexibility index (Phi) is 20.3. The molecule has 0 unspecified atom stereocenters. The van der Waals surface area contributed by atoms with Crippen molar-refractivity contribution in [3.8, 4) is 0 Å². The summed E-state index contributed by atoms with van der Waals surface area (Å²) < 4.78 is 5.53. The van der Waals surface area contributed by atoms with Crippen LogP contribution in [0.3, 0.4) is 0 Å². The molecule has 1 saturated heterocycles. The number of nitrogens with two attached hydrogens (primary N) is 1. The average molecular weight is 709 g/mol. The summed E-state index contributed by atoms with van der Waals surface area (Å²) in [5.74, 6) is -5.52. The third-order valence-corrected chi connectivity index (χ3v) is 7.14. The third-order valence-electron chi connectivity index (χ3n) is 7.14. The summed E-state index contributed by atoms with van der Waals surface area (Å²) in [7, 11) is 0. The van der Waals surface area contributed by atoms with Gasteiger partial charge in [0.15, 0.2) is 0 Å². The Labute approximate surface area is 299 Å². The highest BCUT2D eigenvalue weighted by molar-refractivity contribution is 5.97. The van der Waals surface area contributed by atoms with Crippen molar-refractivity contribution in [2.75, 3.05) is 0 Å². The van der Waals surface area contributed by atoms with Crippen molar-refractivity contribution in [1.82, 2.24) is 26.6 Å². The summed E-state index contributed by atoms with van der Waals surface area (Å²) in [5.41, 5.74) is 5.26. The van der Waals surface area contributed by atoms with E-state index in [1.165, 1.54) is 26.8 Å². The Hall–Kier alpha value is -5.53. The van der Waals surface area contributed by atoms with Crippen LogP contribution in [0.15, 0.2) is 85.1 Å². The van der Waals surface area contributed by atoms with Gasteiger partial charge in [-0.05, 0) is 46.5 Å². The van der Waals surface area contributed by atoms with Crippen LogP contribution >= 0.6 is 0 Å². The molecular weight excluding hydrogens is 656 g/mol. The van der Waals surface area contributed by atoms with Crippen molar-refractivity contribution in [2.45, 2.75) is 97.1 Å². The van der Waals surface area contributed by atoms with Crippen LogP contribution in [0.2, 0.25) is 0 Å². The lowest BCUT2D eigenvalue weighted by Gasteiger charge is -2.29. The first-order chi connectivity index (χ1) is 24.2. The van der Waals surface area contributed by atoms with Gasteiger partial charge in [-0.3, -0.25) is 28.8 Å². The van der Waals surface area contributed by atoms with Gasteiger partial charge in [0.25, 0.3) is 0 Å². The van der Waals surface area contributed by atoms with Crippen LogP contribution in [0.25, 0.3) is 0 Å². The molecule has 51 heavy (non-hydrogen) atoms. The number of carbonyl (C=O) groups excluding carboxylic acids is 7. The van der Waals surface area contributed by atoms with Crippen LogP contribution in [0, 0.1) is 5.92 Å². The van der Waals surface area contributed by atoms with E-state index in [4.69, 9.17) is 10.5 Å².